The molecule has 1 aromatic rings. The number of halogens is 1. The Morgan fingerprint density at radius 3 is 2.68 bits per heavy atom. The maximum atomic E-state index is 12.3. The summed E-state index contributed by atoms with van der Waals surface area (Å²) < 4.78 is 25.9. The molecule has 2 N–H and O–H groups in total. The van der Waals surface area contributed by atoms with Crippen LogP contribution < -0.4 is 10.6 Å². The predicted molar refractivity (Wildman–Crippen MR) is 102 cm³/mol. The van der Waals surface area contributed by atoms with Crippen LogP contribution in [-0.4, -0.2) is 69.8 Å². The highest BCUT2D eigenvalue weighted by Gasteiger charge is 2.22. The molecule has 0 aliphatic carbocycles. The summed E-state index contributed by atoms with van der Waals surface area (Å²) in [6.45, 7) is 6.67. The van der Waals surface area contributed by atoms with Crippen molar-refractivity contribution in [2.24, 2.45) is 0 Å². The maximum Gasteiger partial charge on any atom is 0.242 e. The summed E-state index contributed by atoms with van der Waals surface area (Å²) >= 11 is 0. The van der Waals surface area contributed by atoms with Gasteiger partial charge in [0, 0.05) is 45.5 Å². The molecule has 0 radical (unpaired) electrons. The molecule has 7 nitrogen and oxygen atoms in total. The molecular formula is C16H27ClN4O3S. The van der Waals surface area contributed by atoms with Crippen LogP contribution in [0.15, 0.2) is 23.1 Å². The summed E-state index contributed by atoms with van der Waals surface area (Å²) in [6.07, 6.45) is 0. The van der Waals surface area contributed by atoms with Gasteiger partial charge in [0.2, 0.25) is 15.9 Å². The van der Waals surface area contributed by atoms with Gasteiger partial charge in [-0.2, -0.15) is 0 Å². The minimum Gasteiger partial charge on any atom is -0.325 e. The first-order chi connectivity index (χ1) is 11.2. The van der Waals surface area contributed by atoms with Crippen molar-refractivity contribution in [3.8, 4) is 0 Å². The number of hydrogen-bond donors (Lipinski definition) is 2. The number of anilines is 1. The fraction of sp³-hybridized carbons (Fsp3) is 0.562. The second kappa shape index (κ2) is 8.95. The average Bonchev–Trinajstić information content (AvgIpc) is 2.51. The third kappa shape index (κ3) is 5.39. The lowest BCUT2D eigenvalue weighted by molar-refractivity contribution is -0.118. The lowest BCUT2D eigenvalue weighted by Gasteiger charge is -2.33. The van der Waals surface area contributed by atoms with Crippen LogP contribution in [0, 0.1) is 6.92 Å². The Bertz CT molecular complexity index is 709. The quantitative estimate of drug-likeness (QED) is 0.780. The molecule has 1 heterocycles. The third-order valence-corrected chi connectivity index (χ3v) is 6.17. The van der Waals surface area contributed by atoms with Crippen molar-refractivity contribution in [3.63, 3.8) is 0 Å². The third-order valence-electron chi connectivity index (χ3n) is 4.22. The smallest absolute Gasteiger partial charge is 0.242 e. The molecule has 0 aromatic heterocycles. The highest BCUT2D eigenvalue weighted by atomic mass is 35.5. The molecule has 142 valence electrons. The highest BCUT2D eigenvalue weighted by molar-refractivity contribution is 7.89. The number of carbonyl (C=O) groups is 1. The number of sulfonamides is 1. The van der Waals surface area contributed by atoms with Gasteiger partial charge in [0.15, 0.2) is 0 Å². The number of hydrogen-bond acceptors (Lipinski definition) is 5. The SMILES string of the molecule is Cc1ccc(NC(=O)CN2CCNC[C@@H]2C)cc1S(=O)(=O)N(C)C.Cl. The Kier molecular flexibility index (Phi) is 7.83. The van der Waals surface area contributed by atoms with Crippen molar-refractivity contribution in [2.45, 2.75) is 24.8 Å². The zero-order valence-electron chi connectivity index (χ0n) is 15.1. The van der Waals surface area contributed by atoms with E-state index in [1.165, 1.54) is 24.5 Å². The summed E-state index contributed by atoms with van der Waals surface area (Å²) in [6, 6.07) is 5.25. The summed E-state index contributed by atoms with van der Waals surface area (Å²) in [4.78, 5) is 14.6. The van der Waals surface area contributed by atoms with Gasteiger partial charge in [-0.1, -0.05) is 6.07 Å². The average molecular weight is 391 g/mol. The van der Waals surface area contributed by atoms with Gasteiger partial charge in [0.05, 0.1) is 11.4 Å². The standard InChI is InChI=1S/C16H26N4O3S.ClH/c1-12-5-6-14(9-15(12)24(22,23)19(3)4)18-16(21)11-20-8-7-17-10-13(20)2;/h5-6,9,13,17H,7-8,10-11H2,1-4H3,(H,18,21);1H/t13-;/m0./s1. The van der Waals surface area contributed by atoms with Crippen molar-refractivity contribution in [2.75, 3.05) is 45.6 Å². The molecule has 0 spiro atoms. The molecule has 1 amide bonds. The van der Waals surface area contributed by atoms with E-state index in [1.54, 1.807) is 19.1 Å². The highest BCUT2D eigenvalue weighted by Crippen LogP contribution is 2.22. The number of amides is 1. The molecule has 1 aliphatic rings. The first kappa shape index (κ1) is 21.9. The Hall–Kier alpha value is -1.19. The van der Waals surface area contributed by atoms with Crippen LogP contribution in [0.4, 0.5) is 5.69 Å². The number of carbonyl (C=O) groups excluding carboxylic acids is 1. The first-order valence-corrected chi connectivity index (χ1v) is 9.43. The van der Waals surface area contributed by atoms with E-state index in [0.717, 1.165) is 19.6 Å². The van der Waals surface area contributed by atoms with E-state index < -0.39 is 10.0 Å². The zero-order valence-corrected chi connectivity index (χ0v) is 16.7. The van der Waals surface area contributed by atoms with Crippen LogP contribution in [0.2, 0.25) is 0 Å². The van der Waals surface area contributed by atoms with Crippen LogP contribution in [-0.2, 0) is 14.8 Å². The Morgan fingerprint density at radius 1 is 1.40 bits per heavy atom. The Morgan fingerprint density at radius 2 is 2.08 bits per heavy atom. The van der Waals surface area contributed by atoms with E-state index in [4.69, 9.17) is 0 Å². The molecule has 1 fully saturated rings. The van der Waals surface area contributed by atoms with Gasteiger partial charge in [-0.3, -0.25) is 9.69 Å². The number of nitrogens with zero attached hydrogens (tertiary/aromatic N) is 2. The maximum absolute atomic E-state index is 12.3. The number of nitrogens with one attached hydrogen (secondary N) is 2. The van der Waals surface area contributed by atoms with Crippen molar-refractivity contribution < 1.29 is 13.2 Å². The first-order valence-electron chi connectivity index (χ1n) is 7.99. The lowest BCUT2D eigenvalue weighted by Crippen LogP contribution is -2.51. The fourth-order valence-electron chi connectivity index (χ4n) is 2.66. The summed E-state index contributed by atoms with van der Waals surface area (Å²) in [7, 11) is -0.555. The van der Waals surface area contributed by atoms with E-state index >= 15 is 0 Å². The molecule has 2 rings (SSSR count). The Labute approximate surface area is 156 Å². The molecule has 25 heavy (non-hydrogen) atoms. The number of aryl methyl sites for hydroxylation is 1. The van der Waals surface area contributed by atoms with Gasteiger partial charge in [0.25, 0.3) is 0 Å². The van der Waals surface area contributed by atoms with Crippen molar-refractivity contribution in [3.05, 3.63) is 23.8 Å². The molecular weight excluding hydrogens is 364 g/mol. The second-order valence-electron chi connectivity index (χ2n) is 6.34. The van der Waals surface area contributed by atoms with Crippen molar-refractivity contribution >= 4 is 34.0 Å². The van der Waals surface area contributed by atoms with E-state index in [1.807, 2.05) is 0 Å². The summed E-state index contributed by atoms with van der Waals surface area (Å²) in [5, 5.41) is 6.09. The van der Waals surface area contributed by atoms with Crippen LogP contribution in [0.25, 0.3) is 0 Å². The van der Waals surface area contributed by atoms with Gasteiger partial charge in [-0.25, -0.2) is 12.7 Å². The van der Waals surface area contributed by atoms with E-state index in [9.17, 15) is 13.2 Å². The predicted octanol–water partition coefficient (Wildman–Crippen LogP) is 0.899. The molecule has 9 heteroatoms. The molecule has 1 saturated heterocycles. The minimum atomic E-state index is -3.54. The van der Waals surface area contributed by atoms with Crippen molar-refractivity contribution in [1.82, 2.24) is 14.5 Å². The molecule has 0 saturated carbocycles. The number of piperazine rings is 1. The fourth-order valence-corrected chi connectivity index (χ4v) is 3.80. The molecule has 1 aliphatic heterocycles. The van der Waals surface area contributed by atoms with Gasteiger partial charge in [-0.15, -0.1) is 12.4 Å². The summed E-state index contributed by atoms with van der Waals surface area (Å²) in [5.74, 6) is -0.138. The zero-order chi connectivity index (χ0) is 17.9. The lowest BCUT2D eigenvalue weighted by atomic mass is 10.2. The number of rotatable bonds is 5. The topological polar surface area (TPSA) is 81.8 Å². The minimum absolute atomic E-state index is 0. The van der Waals surface area contributed by atoms with E-state index in [0.29, 0.717) is 23.8 Å². The number of benzene rings is 1. The molecule has 0 bridgehead atoms. The summed E-state index contributed by atoms with van der Waals surface area (Å²) in [5.41, 5.74) is 1.14. The van der Waals surface area contributed by atoms with Crippen LogP contribution >= 0.6 is 12.4 Å². The largest absolute Gasteiger partial charge is 0.325 e. The van der Waals surface area contributed by atoms with E-state index in [2.05, 4.69) is 22.5 Å². The molecule has 1 aromatic carbocycles. The normalized spacial score (nSPS) is 18.7. The van der Waals surface area contributed by atoms with Gasteiger partial charge < -0.3 is 10.6 Å². The van der Waals surface area contributed by atoms with Crippen LogP contribution in [0.1, 0.15) is 12.5 Å². The molecule has 0 unspecified atom stereocenters. The Balaban J connectivity index is 0.00000312. The van der Waals surface area contributed by atoms with E-state index in [-0.39, 0.29) is 23.2 Å². The van der Waals surface area contributed by atoms with Gasteiger partial charge >= 0.3 is 0 Å². The van der Waals surface area contributed by atoms with Gasteiger partial charge in [0.1, 0.15) is 0 Å². The van der Waals surface area contributed by atoms with Crippen LogP contribution in [0.3, 0.4) is 0 Å². The van der Waals surface area contributed by atoms with Crippen LogP contribution in [0.5, 0.6) is 0 Å². The van der Waals surface area contributed by atoms with Gasteiger partial charge in [-0.05, 0) is 31.5 Å². The van der Waals surface area contributed by atoms with Crippen molar-refractivity contribution in [1.29, 1.82) is 0 Å². The molecule has 1 atom stereocenters. The monoisotopic (exact) mass is 390 g/mol. The second-order valence-corrected chi connectivity index (χ2v) is 8.46.